The van der Waals surface area contributed by atoms with Gasteiger partial charge in [0, 0.05) is 25.9 Å². The van der Waals surface area contributed by atoms with E-state index in [1.54, 1.807) is 31.2 Å². The summed E-state index contributed by atoms with van der Waals surface area (Å²) in [6.07, 6.45) is 0. The molecule has 0 bridgehead atoms. The largest absolute Gasteiger partial charge is 0.409 e. The lowest BCUT2D eigenvalue weighted by Crippen LogP contribution is -2.15. The first-order chi connectivity index (χ1) is 14.8. The standard InChI is InChI=1S/C23H23NO5S2/c1-18(2)23(25)24-19-14-16-22(17-15-19)30(29-31(26,27)28-3,20-10-6-4-7-11-20)21-12-8-5-9-13-21/h4-17H,1H2,2-3H3,(H,24,25). The Hall–Kier alpha value is -2.91. The molecule has 3 aromatic carbocycles. The van der Waals surface area contributed by atoms with Crippen LogP contribution in [-0.2, 0) is 23.0 Å². The van der Waals surface area contributed by atoms with Gasteiger partial charge >= 0.3 is 10.4 Å². The van der Waals surface area contributed by atoms with Gasteiger partial charge in [0.1, 0.15) is 0 Å². The average Bonchev–Trinajstić information content (AvgIpc) is 2.79. The zero-order chi connectivity index (χ0) is 22.5. The number of carbonyl (C=O) groups excluding carboxylic acids is 1. The molecule has 0 aromatic heterocycles. The molecule has 0 spiro atoms. The predicted octanol–water partition coefficient (Wildman–Crippen LogP) is 5.31. The summed E-state index contributed by atoms with van der Waals surface area (Å²) in [6, 6.07) is 25.2. The summed E-state index contributed by atoms with van der Waals surface area (Å²) in [7, 11) is -5.95. The first-order valence-corrected chi connectivity index (χ1v) is 12.2. The van der Waals surface area contributed by atoms with Crippen LogP contribution in [0.3, 0.4) is 0 Å². The van der Waals surface area contributed by atoms with Crippen molar-refractivity contribution >= 4 is 32.3 Å². The molecule has 0 fully saturated rings. The van der Waals surface area contributed by atoms with Gasteiger partial charge in [-0.1, -0.05) is 43.0 Å². The summed E-state index contributed by atoms with van der Waals surface area (Å²) in [5.74, 6) is -0.296. The lowest BCUT2D eigenvalue weighted by atomic mass is 10.3. The Morgan fingerprint density at radius 1 is 0.806 bits per heavy atom. The Bertz CT molecular complexity index is 1120. The van der Waals surface area contributed by atoms with Gasteiger partial charge in [-0.15, -0.1) is 0 Å². The maximum atomic E-state index is 12.5. The predicted molar refractivity (Wildman–Crippen MR) is 122 cm³/mol. The Balaban J connectivity index is 2.22. The van der Waals surface area contributed by atoms with Gasteiger partial charge < -0.3 is 5.32 Å². The van der Waals surface area contributed by atoms with Crippen LogP contribution >= 0.6 is 10.3 Å². The fourth-order valence-corrected chi connectivity index (χ4v) is 7.45. The molecule has 1 N–H and O–H groups in total. The number of hydrogen-bond acceptors (Lipinski definition) is 5. The van der Waals surface area contributed by atoms with Crippen LogP contribution in [0, 0.1) is 0 Å². The number of nitrogens with one attached hydrogen (secondary N) is 1. The minimum absolute atomic E-state index is 0.296. The quantitative estimate of drug-likeness (QED) is 0.464. The number of anilines is 1. The Labute approximate surface area is 184 Å². The summed E-state index contributed by atoms with van der Waals surface area (Å²) < 4.78 is 35.6. The van der Waals surface area contributed by atoms with Crippen LogP contribution in [0.1, 0.15) is 6.92 Å². The molecule has 0 unspecified atom stereocenters. The third-order valence-corrected chi connectivity index (χ3v) is 9.07. The molecule has 8 heteroatoms. The molecular weight excluding hydrogens is 434 g/mol. The van der Waals surface area contributed by atoms with E-state index in [-0.39, 0.29) is 5.91 Å². The zero-order valence-electron chi connectivity index (χ0n) is 17.1. The van der Waals surface area contributed by atoms with Gasteiger partial charge in [0.25, 0.3) is 5.91 Å². The molecule has 0 aliphatic carbocycles. The number of benzene rings is 3. The molecular formula is C23H23NO5S2. The van der Waals surface area contributed by atoms with E-state index in [1.807, 2.05) is 60.7 Å². The van der Waals surface area contributed by atoms with Crippen LogP contribution in [0.2, 0.25) is 0 Å². The highest BCUT2D eigenvalue weighted by molar-refractivity contribution is 8.32. The average molecular weight is 458 g/mol. The van der Waals surface area contributed by atoms with Crippen LogP contribution in [0.25, 0.3) is 0 Å². The Morgan fingerprint density at radius 3 is 1.68 bits per heavy atom. The molecule has 0 aliphatic rings. The highest BCUT2D eigenvalue weighted by Gasteiger charge is 2.37. The smallest absolute Gasteiger partial charge is 0.322 e. The van der Waals surface area contributed by atoms with Gasteiger partial charge in [-0.25, -0.2) is 0 Å². The van der Waals surface area contributed by atoms with Crippen molar-refractivity contribution in [2.75, 3.05) is 12.4 Å². The normalized spacial score (nSPS) is 12.2. The van der Waals surface area contributed by atoms with E-state index < -0.39 is 20.7 Å². The molecule has 0 radical (unpaired) electrons. The van der Waals surface area contributed by atoms with Crippen LogP contribution in [0.5, 0.6) is 0 Å². The van der Waals surface area contributed by atoms with Gasteiger partial charge in [0.15, 0.2) is 0 Å². The molecule has 3 aromatic rings. The molecule has 0 saturated carbocycles. The van der Waals surface area contributed by atoms with E-state index in [0.29, 0.717) is 25.9 Å². The van der Waals surface area contributed by atoms with Crippen LogP contribution < -0.4 is 5.32 Å². The van der Waals surface area contributed by atoms with Crippen molar-refractivity contribution in [1.29, 1.82) is 0 Å². The summed E-state index contributed by atoms with van der Waals surface area (Å²) in [5, 5.41) is 2.75. The maximum Gasteiger partial charge on any atom is 0.409 e. The molecule has 6 nitrogen and oxygen atoms in total. The van der Waals surface area contributed by atoms with Gasteiger partial charge in [-0.2, -0.15) is 12.0 Å². The summed E-state index contributed by atoms with van der Waals surface area (Å²) in [5.41, 5.74) is 0.938. The Morgan fingerprint density at radius 2 is 1.26 bits per heavy atom. The lowest BCUT2D eigenvalue weighted by molar-refractivity contribution is -0.112. The summed E-state index contributed by atoms with van der Waals surface area (Å²) >= 11 is 0. The van der Waals surface area contributed by atoms with Crippen molar-refractivity contribution in [2.24, 2.45) is 0 Å². The van der Waals surface area contributed by atoms with Crippen molar-refractivity contribution < 1.29 is 21.0 Å². The molecule has 0 heterocycles. The van der Waals surface area contributed by atoms with Crippen LogP contribution in [0.15, 0.2) is 112 Å². The Kier molecular flexibility index (Phi) is 6.97. The van der Waals surface area contributed by atoms with E-state index >= 15 is 0 Å². The second-order valence-corrected chi connectivity index (χ2v) is 10.8. The third-order valence-electron chi connectivity index (χ3n) is 4.37. The van der Waals surface area contributed by atoms with E-state index in [9.17, 15) is 13.2 Å². The summed E-state index contributed by atoms with van der Waals surface area (Å²) in [6.45, 7) is 5.25. The second-order valence-electron chi connectivity index (χ2n) is 6.58. The van der Waals surface area contributed by atoms with E-state index in [1.165, 1.54) is 0 Å². The SMILES string of the molecule is C=C(C)C(=O)Nc1ccc(S(OS(=O)(=O)OC)(c2ccccc2)c2ccccc2)cc1. The number of hydrogen-bond donors (Lipinski definition) is 1. The molecule has 162 valence electrons. The van der Waals surface area contributed by atoms with Gasteiger partial charge in [0.2, 0.25) is 0 Å². The minimum Gasteiger partial charge on any atom is -0.322 e. The molecule has 31 heavy (non-hydrogen) atoms. The molecule has 0 saturated heterocycles. The first kappa shape index (κ1) is 22.8. The first-order valence-electron chi connectivity index (χ1n) is 9.30. The highest BCUT2D eigenvalue weighted by atomic mass is 32.3. The fourth-order valence-electron chi connectivity index (χ4n) is 2.87. The molecule has 3 rings (SSSR count). The monoisotopic (exact) mass is 457 g/mol. The van der Waals surface area contributed by atoms with E-state index in [2.05, 4.69) is 16.1 Å². The van der Waals surface area contributed by atoms with Crippen molar-refractivity contribution in [1.82, 2.24) is 0 Å². The molecule has 1 amide bonds. The van der Waals surface area contributed by atoms with Crippen LogP contribution in [-0.4, -0.2) is 21.4 Å². The maximum absolute atomic E-state index is 12.5. The van der Waals surface area contributed by atoms with Crippen molar-refractivity contribution in [3.8, 4) is 0 Å². The lowest BCUT2D eigenvalue weighted by Gasteiger charge is -2.38. The van der Waals surface area contributed by atoms with Gasteiger partial charge in [0.05, 0.1) is 7.11 Å². The van der Waals surface area contributed by atoms with Crippen molar-refractivity contribution in [3.05, 3.63) is 97.1 Å². The third kappa shape index (κ3) is 5.05. The number of carbonyl (C=O) groups is 1. The van der Waals surface area contributed by atoms with Gasteiger partial charge in [-0.3, -0.25) is 8.98 Å². The van der Waals surface area contributed by atoms with Crippen molar-refractivity contribution in [2.45, 2.75) is 21.6 Å². The second kappa shape index (κ2) is 9.49. The number of rotatable bonds is 8. The van der Waals surface area contributed by atoms with Crippen molar-refractivity contribution in [3.63, 3.8) is 0 Å². The molecule has 0 atom stereocenters. The molecule has 0 aliphatic heterocycles. The number of amides is 1. The highest BCUT2D eigenvalue weighted by Crippen LogP contribution is 2.69. The van der Waals surface area contributed by atoms with E-state index in [0.717, 1.165) is 7.11 Å². The van der Waals surface area contributed by atoms with E-state index in [4.69, 9.17) is 3.63 Å². The summed E-state index contributed by atoms with van der Waals surface area (Å²) in [4.78, 5) is 13.9. The topological polar surface area (TPSA) is 81.7 Å². The zero-order valence-corrected chi connectivity index (χ0v) is 18.8. The fraction of sp³-hybridized carbons (Fsp3) is 0.0870. The minimum atomic E-state index is -4.31. The van der Waals surface area contributed by atoms with Gasteiger partial charge in [-0.05, 0) is 65.8 Å². The van der Waals surface area contributed by atoms with Crippen LogP contribution in [0.4, 0.5) is 5.69 Å².